The number of aryl methyl sites for hydroxylation is 1. The summed E-state index contributed by atoms with van der Waals surface area (Å²) in [5.74, 6) is 0.199. The Bertz CT molecular complexity index is 521. The lowest BCUT2D eigenvalue weighted by atomic mass is 10.1. The highest BCUT2D eigenvalue weighted by Gasteiger charge is 2.35. The third-order valence-electron chi connectivity index (χ3n) is 3.33. The Hall–Kier alpha value is -0.670. The van der Waals surface area contributed by atoms with Crippen LogP contribution in [0.4, 0.5) is 0 Å². The fourth-order valence-corrected chi connectivity index (χ4v) is 5.32. The molecule has 1 heterocycles. The maximum Gasteiger partial charge on any atom is 0.157 e. The van der Waals surface area contributed by atoms with E-state index in [9.17, 15) is 4.79 Å². The molecule has 0 N–H and O–H groups in total. The number of carbonyl (C=O) groups is 1. The minimum absolute atomic E-state index is 0.170. The molecule has 1 aliphatic heterocycles. The summed E-state index contributed by atoms with van der Waals surface area (Å²) in [5.41, 5.74) is 2.03. The zero-order valence-electron chi connectivity index (χ0n) is 11.8. The van der Waals surface area contributed by atoms with Gasteiger partial charge in [-0.3, -0.25) is 4.79 Å². The third kappa shape index (κ3) is 3.46. The van der Waals surface area contributed by atoms with Gasteiger partial charge in [0, 0.05) is 16.2 Å². The number of hydrogen-bond acceptors (Lipinski definition) is 3. The van der Waals surface area contributed by atoms with Crippen molar-refractivity contribution >= 4 is 29.3 Å². The van der Waals surface area contributed by atoms with Gasteiger partial charge in [-0.1, -0.05) is 18.7 Å². The molecule has 19 heavy (non-hydrogen) atoms. The number of benzene rings is 1. The molecular weight excluding hydrogens is 272 g/mol. The van der Waals surface area contributed by atoms with Gasteiger partial charge in [0.25, 0.3) is 0 Å². The molecule has 1 aromatic rings. The van der Waals surface area contributed by atoms with E-state index in [1.54, 1.807) is 6.92 Å². The number of allylic oxidation sites excluding steroid dienone is 1. The average molecular weight is 292 g/mol. The van der Waals surface area contributed by atoms with Gasteiger partial charge in [-0.2, -0.15) is 0 Å². The molecule has 0 saturated heterocycles. The molecule has 0 aliphatic carbocycles. The number of fused-ring (bicyclic) bond motifs is 1. The maximum absolute atomic E-state index is 11.6. The topological polar surface area (TPSA) is 17.1 Å². The number of carbonyl (C=O) groups excluding carboxylic acids is 1. The van der Waals surface area contributed by atoms with Crippen molar-refractivity contribution in [3.8, 4) is 0 Å². The predicted molar refractivity (Wildman–Crippen MR) is 85.0 cm³/mol. The first-order valence-corrected chi connectivity index (χ1v) is 8.21. The second-order valence-electron chi connectivity index (χ2n) is 5.30. The lowest BCUT2D eigenvalue weighted by Gasteiger charge is -2.21. The molecule has 1 nitrogen and oxygen atoms in total. The number of Topliss-reactive ketones (excluding diaryl/α,β-unsaturated/α-hetero) is 1. The summed E-state index contributed by atoms with van der Waals surface area (Å²) in [5, 5.41) is 0. The van der Waals surface area contributed by atoms with Crippen molar-refractivity contribution in [1.29, 1.82) is 0 Å². The third-order valence-corrected chi connectivity index (χ3v) is 6.54. The molecule has 0 spiro atoms. The normalized spacial score (nSPS) is 21.2. The first-order chi connectivity index (χ1) is 8.91. The highest BCUT2D eigenvalue weighted by Crippen LogP contribution is 2.58. The fraction of sp³-hybridized carbons (Fsp3) is 0.438. The first kappa shape index (κ1) is 14.7. The summed E-state index contributed by atoms with van der Waals surface area (Å²) < 4.78 is 0.170. The van der Waals surface area contributed by atoms with Crippen LogP contribution in [0, 0.1) is 6.92 Å². The summed E-state index contributed by atoms with van der Waals surface area (Å²) in [6.07, 6.45) is 2.62. The van der Waals surface area contributed by atoms with Gasteiger partial charge < -0.3 is 0 Å². The van der Waals surface area contributed by atoms with E-state index in [1.807, 2.05) is 23.5 Å². The van der Waals surface area contributed by atoms with Gasteiger partial charge in [0.1, 0.15) is 0 Å². The molecule has 3 heteroatoms. The van der Waals surface area contributed by atoms with Crippen molar-refractivity contribution in [2.75, 3.05) is 0 Å². The molecule has 1 unspecified atom stereocenters. The largest absolute Gasteiger partial charge is 0.295 e. The highest BCUT2D eigenvalue weighted by molar-refractivity contribution is 8.20. The van der Waals surface area contributed by atoms with E-state index in [2.05, 4.69) is 38.6 Å². The second kappa shape index (κ2) is 5.76. The lowest BCUT2D eigenvalue weighted by molar-refractivity contribution is -0.115. The number of ketones is 1. The van der Waals surface area contributed by atoms with E-state index < -0.39 is 0 Å². The van der Waals surface area contributed by atoms with Crippen LogP contribution < -0.4 is 0 Å². The van der Waals surface area contributed by atoms with Crippen LogP contribution in [0.3, 0.4) is 0 Å². The van der Waals surface area contributed by atoms with Crippen molar-refractivity contribution in [2.24, 2.45) is 0 Å². The Kier molecular flexibility index (Phi) is 4.46. The van der Waals surface area contributed by atoms with Gasteiger partial charge in [-0.15, -0.1) is 23.5 Å². The molecule has 0 radical (unpaired) electrons. The SMILES string of the molecule is C=C(C)C(=O)CCCC1(C)Sc2cccc(C)c2S1. The van der Waals surface area contributed by atoms with Gasteiger partial charge >= 0.3 is 0 Å². The summed E-state index contributed by atoms with van der Waals surface area (Å²) in [6, 6.07) is 6.49. The van der Waals surface area contributed by atoms with Crippen LogP contribution in [0.5, 0.6) is 0 Å². The monoisotopic (exact) mass is 292 g/mol. The van der Waals surface area contributed by atoms with Crippen LogP contribution in [0.1, 0.15) is 38.7 Å². The minimum Gasteiger partial charge on any atom is -0.295 e. The van der Waals surface area contributed by atoms with Gasteiger partial charge in [0.2, 0.25) is 0 Å². The predicted octanol–water partition coefficient (Wildman–Crippen LogP) is 5.22. The molecule has 0 fully saturated rings. The van der Waals surface area contributed by atoms with Crippen molar-refractivity contribution in [3.63, 3.8) is 0 Å². The molecular formula is C16H20OS2. The molecule has 0 aromatic heterocycles. The smallest absolute Gasteiger partial charge is 0.157 e. The minimum atomic E-state index is 0.170. The highest BCUT2D eigenvalue weighted by atomic mass is 32.2. The zero-order chi connectivity index (χ0) is 14.0. The zero-order valence-corrected chi connectivity index (χ0v) is 13.4. The molecule has 0 saturated carbocycles. The Morgan fingerprint density at radius 2 is 2.11 bits per heavy atom. The Labute approximate surface area is 124 Å². The van der Waals surface area contributed by atoms with Crippen LogP contribution in [0.2, 0.25) is 0 Å². The Morgan fingerprint density at radius 3 is 2.74 bits per heavy atom. The van der Waals surface area contributed by atoms with Crippen LogP contribution >= 0.6 is 23.5 Å². The van der Waals surface area contributed by atoms with E-state index in [-0.39, 0.29) is 9.86 Å². The molecule has 2 rings (SSSR count). The van der Waals surface area contributed by atoms with Gasteiger partial charge in [0.15, 0.2) is 5.78 Å². The van der Waals surface area contributed by atoms with Crippen molar-refractivity contribution in [3.05, 3.63) is 35.9 Å². The Morgan fingerprint density at radius 1 is 1.37 bits per heavy atom. The Balaban J connectivity index is 1.95. The fourth-order valence-electron chi connectivity index (χ4n) is 2.19. The molecule has 1 aliphatic rings. The van der Waals surface area contributed by atoms with E-state index >= 15 is 0 Å². The molecule has 1 aromatic carbocycles. The molecule has 0 bridgehead atoms. The number of rotatable bonds is 5. The summed E-state index contributed by atoms with van der Waals surface area (Å²) >= 11 is 3.90. The van der Waals surface area contributed by atoms with Gasteiger partial charge in [0.05, 0.1) is 4.08 Å². The number of hydrogen-bond donors (Lipinski definition) is 0. The number of thioether (sulfide) groups is 2. The van der Waals surface area contributed by atoms with Crippen molar-refractivity contribution in [2.45, 2.75) is 53.9 Å². The van der Waals surface area contributed by atoms with Gasteiger partial charge in [-0.25, -0.2) is 0 Å². The quantitative estimate of drug-likeness (QED) is 0.692. The van der Waals surface area contributed by atoms with Crippen LogP contribution in [0.25, 0.3) is 0 Å². The van der Waals surface area contributed by atoms with E-state index in [1.165, 1.54) is 15.4 Å². The first-order valence-electron chi connectivity index (χ1n) is 6.58. The van der Waals surface area contributed by atoms with Crippen LogP contribution in [0.15, 0.2) is 40.1 Å². The summed E-state index contributed by atoms with van der Waals surface area (Å²) in [6.45, 7) is 9.95. The average Bonchev–Trinajstić information content (AvgIpc) is 2.67. The van der Waals surface area contributed by atoms with Crippen molar-refractivity contribution < 1.29 is 4.79 Å². The second-order valence-corrected chi connectivity index (χ2v) is 8.61. The summed E-state index contributed by atoms with van der Waals surface area (Å²) in [4.78, 5) is 14.4. The molecule has 0 amide bonds. The van der Waals surface area contributed by atoms with E-state index in [4.69, 9.17) is 0 Å². The maximum atomic E-state index is 11.6. The van der Waals surface area contributed by atoms with E-state index in [0.717, 1.165) is 12.8 Å². The standard InChI is InChI=1S/C16H20OS2/c1-11(2)13(17)8-6-10-16(4)18-14-9-5-7-12(3)15(14)19-16/h5,7,9H,1,6,8,10H2,2-4H3. The van der Waals surface area contributed by atoms with E-state index in [0.29, 0.717) is 12.0 Å². The molecule has 102 valence electrons. The van der Waals surface area contributed by atoms with Crippen LogP contribution in [-0.4, -0.2) is 9.86 Å². The van der Waals surface area contributed by atoms with Crippen molar-refractivity contribution in [1.82, 2.24) is 0 Å². The molecule has 1 atom stereocenters. The van der Waals surface area contributed by atoms with Crippen LogP contribution in [-0.2, 0) is 4.79 Å². The van der Waals surface area contributed by atoms with Gasteiger partial charge in [-0.05, 0) is 50.8 Å². The summed E-state index contributed by atoms with van der Waals surface area (Å²) in [7, 11) is 0. The lowest BCUT2D eigenvalue weighted by Crippen LogP contribution is -2.12.